The molecular weight excluding hydrogens is 794 g/mol. The minimum Gasteiger partial charge on any atom is -0.756 e. The second-order valence-corrected chi connectivity index (χ2v) is 21.4. The number of phosphoric ester groups is 1. The molecular formula is C53H108NO7P. The highest BCUT2D eigenvalue weighted by atomic mass is 31.2. The highest BCUT2D eigenvalue weighted by molar-refractivity contribution is 7.45. The van der Waals surface area contributed by atoms with Gasteiger partial charge in [-0.15, -0.1) is 0 Å². The zero-order valence-corrected chi connectivity index (χ0v) is 43.3. The molecule has 2 unspecified atom stereocenters. The van der Waals surface area contributed by atoms with E-state index in [1.54, 1.807) is 0 Å². The van der Waals surface area contributed by atoms with Crippen LogP contribution in [-0.2, 0) is 27.9 Å². The van der Waals surface area contributed by atoms with Crippen molar-refractivity contribution in [3.05, 3.63) is 0 Å². The van der Waals surface area contributed by atoms with Crippen LogP contribution in [-0.4, -0.2) is 70.7 Å². The minimum atomic E-state index is -4.52. The predicted octanol–water partition coefficient (Wildman–Crippen LogP) is 16.2. The van der Waals surface area contributed by atoms with Crippen LogP contribution in [0.1, 0.15) is 277 Å². The summed E-state index contributed by atoms with van der Waals surface area (Å²) in [5.74, 6) is -0.324. The van der Waals surface area contributed by atoms with Gasteiger partial charge in [-0.3, -0.25) is 9.36 Å². The topological polar surface area (TPSA) is 94.1 Å². The lowest BCUT2D eigenvalue weighted by molar-refractivity contribution is -0.870. The molecule has 0 aromatic carbocycles. The molecule has 0 aromatic heterocycles. The molecule has 0 aliphatic rings. The number of ether oxygens (including phenoxy) is 2. The van der Waals surface area contributed by atoms with Crippen LogP contribution in [0.3, 0.4) is 0 Å². The Morgan fingerprint density at radius 3 is 1.06 bits per heavy atom. The molecule has 0 aromatic rings. The van der Waals surface area contributed by atoms with Crippen molar-refractivity contribution < 1.29 is 37.3 Å². The maximum atomic E-state index is 12.8. The molecule has 0 rings (SSSR count). The third-order valence-corrected chi connectivity index (χ3v) is 13.4. The normalized spacial score (nSPS) is 13.5. The third kappa shape index (κ3) is 50.5. The molecule has 0 N–H and O–H groups in total. The first-order valence-corrected chi connectivity index (χ1v) is 28.7. The Bertz CT molecular complexity index is 961. The van der Waals surface area contributed by atoms with E-state index in [0.717, 1.165) is 32.1 Å². The quantitative estimate of drug-likeness (QED) is 0.0260. The number of rotatable bonds is 52. The molecule has 62 heavy (non-hydrogen) atoms. The van der Waals surface area contributed by atoms with Gasteiger partial charge in [0.05, 0.1) is 34.4 Å². The number of hydrogen-bond donors (Lipinski definition) is 0. The molecule has 0 fully saturated rings. The number of esters is 1. The van der Waals surface area contributed by atoms with E-state index in [4.69, 9.17) is 18.5 Å². The van der Waals surface area contributed by atoms with E-state index < -0.39 is 13.9 Å². The van der Waals surface area contributed by atoms with Crippen LogP contribution in [0.4, 0.5) is 0 Å². The van der Waals surface area contributed by atoms with Gasteiger partial charge in [0.25, 0.3) is 7.82 Å². The molecule has 0 saturated heterocycles. The van der Waals surface area contributed by atoms with Gasteiger partial charge in [-0.05, 0) is 12.8 Å². The molecule has 0 heterocycles. The van der Waals surface area contributed by atoms with Gasteiger partial charge in [0.2, 0.25) is 0 Å². The van der Waals surface area contributed by atoms with Crippen LogP contribution in [0.25, 0.3) is 0 Å². The lowest BCUT2D eigenvalue weighted by Gasteiger charge is -2.28. The van der Waals surface area contributed by atoms with Gasteiger partial charge in [-0.2, -0.15) is 0 Å². The predicted molar refractivity (Wildman–Crippen MR) is 264 cm³/mol. The number of carbonyl (C=O) groups excluding carboxylic acids is 1. The lowest BCUT2D eigenvalue weighted by Crippen LogP contribution is -2.37. The number of carbonyl (C=O) groups is 1. The van der Waals surface area contributed by atoms with Crippen LogP contribution in [0.15, 0.2) is 0 Å². The summed E-state index contributed by atoms with van der Waals surface area (Å²) in [6, 6.07) is 0. The molecule has 0 bridgehead atoms. The molecule has 0 amide bonds. The molecule has 372 valence electrons. The van der Waals surface area contributed by atoms with E-state index in [2.05, 4.69) is 13.8 Å². The summed E-state index contributed by atoms with van der Waals surface area (Å²) in [6.07, 6.45) is 52.7. The summed E-state index contributed by atoms with van der Waals surface area (Å²) < 4.78 is 34.8. The van der Waals surface area contributed by atoms with Gasteiger partial charge < -0.3 is 27.9 Å². The van der Waals surface area contributed by atoms with E-state index in [-0.39, 0.29) is 25.8 Å². The highest BCUT2D eigenvalue weighted by Crippen LogP contribution is 2.38. The van der Waals surface area contributed by atoms with Crippen molar-refractivity contribution in [3.8, 4) is 0 Å². The van der Waals surface area contributed by atoms with E-state index in [9.17, 15) is 14.3 Å². The third-order valence-electron chi connectivity index (χ3n) is 12.4. The number of phosphoric acid groups is 1. The maximum absolute atomic E-state index is 12.8. The first kappa shape index (κ1) is 61.5. The fraction of sp³-hybridized carbons (Fsp3) is 0.981. The van der Waals surface area contributed by atoms with Gasteiger partial charge in [0.15, 0.2) is 0 Å². The Kier molecular flexibility index (Phi) is 46.6. The number of unbranched alkanes of at least 4 members (excludes halogenated alkanes) is 38. The van der Waals surface area contributed by atoms with Gasteiger partial charge >= 0.3 is 5.97 Å². The first-order valence-electron chi connectivity index (χ1n) is 27.3. The van der Waals surface area contributed by atoms with Crippen molar-refractivity contribution in [1.29, 1.82) is 0 Å². The summed E-state index contributed by atoms with van der Waals surface area (Å²) in [7, 11) is 1.38. The van der Waals surface area contributed by atoms with E-state index >= 15 is 0 Å². The Hall–Kier alpha value is -0.500. The van der Waals surface area contributed by atoms with Crippen LogP contribution in [0, 0.1) is 0 Å². The molecule has 0 spiro atoms. The zero-order valence-electron chi connectivity index (χ0n) is 42.4. The second kappa shape index (κ2) is 47.0. The van der Waals surface area contributed by atoms with Crippen molar-refractivity contribution in [2.24, 2.45) is 0 Å². The maximum Gasteiger partial charge on any atom is 0.306 e. The van der Waals surface area contributed by atoms with Crippen molar-refractivity contribution >= 4 is 13.8 Å². The van der Waals surface area contributed by atoms with Crippen LogP contribution >= 0.6 is 7.82 Å². The lowest BCUT2D eigenvalue weighted by atomic mass is 10.0. The fourth-order valence-corrected chi connectivity index (χ4v) is 8.93. The van der Waals surface area contributed by atoms with Crippen molar-refractivity contribution in [3.63, 3.8) is 0 Å². The van der Waals surface area contributed by atoms with Crippen molar-refractivity contribution in [1.82, 2.24) is 0 Å². The molecule has 8 nitrogen and oxygen atoms in total. The van der Waals surface area contributed by atoms with Gasteiger partial charge in [0.1, 0.15) is 19.3 Å². The fourth-order valence-electron chi connectivity index (χ4n) is 8.20. The van der Waals surface area contributed by atoms with E-state index in [1.165, 1.54) is 225 Å². The Labute approximate surface area is 387 Å². The van der Waals surface area contributed by atoms with Crippen LogP contribution < -0.4 is 4.89 Å². The summed E-state index contributed by atoms with van der Waals surface area (Å²) in [5, 5.41) is 0. The molecule has 0 aliphatic heterocycles. The summed E-state index contributed by atoms with van der Waals surface area (Å²) in [4.78, 5) is 25.2. The molecule has 9 heteroatoms. The summed E-state index contributed by atoms with van der Waals surface area (Å²) >= 11 is 0. The second-order valence-electron chi connectivity index (χ2n) is 20.0. The summed E-state index contributed by atoms with van der Waals surface area (Å²) in [5.41, 5.74) is 0. The minimum absolute atomic E-state index is 0.0318. The first-order chi connectivity index (χ1) is 30.1. The average Bonchev–Trinajstić information content (AvgIpc) is 3.23. The largest absolute Gasteiger partial charge is 0.756 e. The van der Waals surface area contributed by atoms with Gasteiger partial charge in [0, 0.05) is 13.0 Å². The number of hydrogen-bond acceptors (Lipinski definition) is 7. The molecule has 0 radical (unpaired) electrons. The average molecular weight is 902 g/mol. The van der Waals surface area contributed by atoms with Crippen molar-refractivity contribution in [2.45, 2.75) is 283 Å². The number of quaternary nitrogens is 1. The Morgan fingerprint density at radius 1 is 0.435 bits per heavy atom. The van der Waals surface area contributed by atoms with Crippen LogP contribution in [0.2, 0.25) is 0 Å². The Morgan fingerprint density at radius 2 is 0.742 bits per heavy atom. The highest BCUT2D eigenvalue weighted by Gasteiger charge is 2.20. The summed E-state index contributed by atoms with van der Waals surface area (Å²) in [6.45, 7) is 5.50. The van der Waals surface area contributed by atoms with E-state index in [1.807, 2.05) is 21.1 Å². The SMILES string of the molecule is CCCCCCCCCCCCCCCCCCCCCCCCOCC(COP(=O)([O-])OCC[N+](C)(C)C)OC(=O)CCCCCCCCCCCCCCCCCCCC. The van der Waals surface area contributed by atoms with Crippen molar-refractivity contribution in [2.75, 3.05) is 54.1 Å². The Balaban J connectivity index is 4.04. The van der Waals surface area contributed by atoms with E-state index in [0.29, 0.717) is 24.1 Å². The monoisotopic (exact) mass is 902 g/mol. The smallest absolute Gasteiger partial charge is 0.306 e. The zero-order chi connectivity index (χ0) is 45.5. The van der Waals surface area contributed by atoms with Gasteiger partial charge in [-0.25, -0.2) is 0 Å². The van der Waals surface area contributed by atoms with Crippen LogP contribution in [0.5, 0.6) is 0 Å². The standard InChI is InChI=1S/C53H108NO7P/c1-6-8-10-12-14-16-18-20-22-24-26-27-28-29-31-33-35-37-39-41-43-45-48-58-50-52(51-60-62(56,57)59-49-47-54(3,4)5)61-53(55)46-44-42-40-38-36-34-32-30-25-23-21-19-17-15-13-11-9-7-2/h52H,6-51H2,1-5H3. The molecule has 0 saturated carbocycles. The molecule has 0 aliphatic carbocycles. The number of likely N-dealkylation sites (N-methyl/N-ethyl adjacent to an activating group) is 1. The van der Waals surface area contributed by atoms with Gasteiger partial charge in [-0.1, -0.05) is 258 Å². The number of nitrogens with zero attached hydrogens (tertiary/aromatic N) is 1. The molecule has 2 atom stereocenters.